The molecule has 104 valence electrons. The third kappa shape index (κ3) is 4.21. The van der Waals surface area contributed by atoms with Gasteiger partial charge in [0.1, 0.15) is 0 Å². The van der Waals surface area contributed by atoms with Crippen molar-refractivity contribution in [3.05, 3.63) is 41.4 Å². The van der Waals surface area contributed by atoms with Gasteiger partial charge in [-0.3, -0.25) is 4.79 Å². The molecule has 1 aromatic carbocycles. The zero-order chi connectivity index (χ0) is 14.4. The van der Waals surface area contributed by atoms with Gasteiger partial charge < -0.3 is 9.73 Å². The van der Waals surface area contributed by atoms with Gasteiger partial charge in [0.2, 0.25) is 11.8 Å². The van der Waals surface area contributed by atoms with Crippen molar-refractivity contribution in [3.8, 4) is 11.5 Å². The largest absolute Gasteiger partial charge is 0.411 e. The molecule has 2 aromatic rings. The summed E-state index contributed by atoms with van der Waals surface area (Å²) in [5.41, 5.74) is 0.837. The smallest absolute Gasteiger partial charge is 0.277 e. The lowest BCUT2D eigenvalue weighted by atomic mass is 10.2. The minimum Gasteiger partial charge on any atom is -0.411 e. The fourth-order valence-corrected chi connectivity index (χ4v) is 2.20. The molecule has 20 heavy (non-hydrogen) atoms. The van der Waals surface area contributed by atoms with Gasteiger partial charge in [-0.2, -0.15) is 0 Å². The van der Waals surface area contributed by atoms with Crippen molar-refractivity contribution in [1.29, 1.82) is 0 Å². The SMILES string of the molecule is C=CCNC(=O)CSc1nnc(-c2ccc(Br)cc2)o1. The predicted molar refractivity (Wildman–Crippen MR) is 81.4 cm³/mol. The van der Waals surface area contributed by atoms with Crippen molar-refractivity contribution in [2.75, 3.05) is 12.3 Å². The number of aromatic nitrogens is 2. The van der Waals surface area contributed by atoms with Crippen LogP contribution in [0.5, 0.6) is 0 Å². The van der Waals surface area contributed by atoms with Crippen LogP contribution in [0.4, 0.5) is 0 Å². The van der Waals surface area contributed by atoms with Crippen molar-refractivity contribution >= 4 is 33.6 Å². The van der Waals surface area contributed by atoms with Gasteiger partial charge in [-0.25, -0.2) is 0 Å². The monoisotopic (exact) mass is 353 g/mol. The van der Waals surface area contributed by atoms with Crippen LogP contribution in [0, 0.1) is 0 Å². The summed E-state index contributed by atoms with van der Waals surface area (Å²) in [7, 11) is 0. The number of carbonyl (C=O) groups excluding carboxylic acids is 1. The van der Waals surface area contributed by atoms with Crippen LogP contribution in [0.2, 0.25) is 0 Å². The predicted octanol–water partition coefficient (Wildman–Crippen LogP) is 2.89. The molecule has 1 aromatic heterocycles. The van der Waals surface area contributed by atoms with E-state index in [0.717, 1.165) is 10.0 Å². The first-order valence-electron chi connectivity index (χ1n) is 5.79. The lowest BCUT2D eigenvalue weighted by Crippen LogP contribution is -2.24. The van der Waals surface area contributed by atoms with E-state index in [1.54, 1.807) is 6.08 Å². The Hall–Kier alpha value is -1.60. The number of amides is 1. The minimum absolute atomic E-state index is 0.0988. The van der Waals surface area contributed by atoms with Crippen LogP contribution in [-0.2, 0) is 4.79 Å². The molecule has 2 rings (SSSR count). The van der Waals surface area contributed by atoms with Gasteiger partial charge in [-0.15, -0.1) is 16.8 Å². The van der Waals surface area contributed by atoms with Gasteiger partial charge in [0, 0.05) is 16.6 Å². The zero-order valence-electron chi connectivity index (χ0n) is 10.5. The van der Waals surface area contributed by atoms with Crippen molar-refractivity contribution < 1.29 is 9.21 Å². The highest BCUT2D eigenvalue weighted by atomic mass is 79.9. The van der Waals surface area contributed by atoms with Gasteiger partial charge in [-0.1, -0.05) is 33.8 Å². The fraction of sp³-hybridized carbons (Fsp3) is 0.154. The molecular formula is C13H12BrN3O2S. The summed E-state index contributed by atoms with van der Waals surface area (Å²) in [5, 5.41) is 10.9. The standard InChI is InChI=1S/C13H12BrN3O2S/c1-2-7-15-11(18)8-20-13-17-16-12(19-13)9-3-5-10(14)6-4-9/h2-6H,1,7-8H2,(H,15,18). The Kier molecular flexibility index (Phi) is 5.37. The second-order valence-corrected chi connectivity index (χ2v) is 5.60. The Labute approximate surface area is 129 Å². The van der Waals surface area contributed by atoms with Gasteiger partial charge in [-0.05, 0) is 24.3 Å². The molecule has 0 saturated heterocycles. The topological polar surface area (TPSA) is 68.0 Å². The third-order valence-corrected chi connectivity index (χ3v) is 3.62. The summed E-state index contributed by atoms with van der Waals surface area (Å²) >= 11 is 4.56. The molecule has 1 amide bonds. The number of benzene rings is 1. The van der Waals surface area contributed by atoms with E-state index in [-0.39, 0.29) is 11.7 Å². The Bertz CT molecular complexity index is 598. The first kappa shape index (κ1) is 14.8. The van der Waals surface area contributed by atoms with E-state index in [9.17, 15) is 4.79 Å². The third-order valence-electron chi connectivity index (χ3n) is 2.27. The molecule has 0 spiro atoms. The van der Waals surface area contributed by atoms with E-state index in [4.69, 9.17) is 4.42 Å². The number of halogens is 1. The molecule has 1 heterocycles. The molecule has 7 heteroatoms. The van der Waals surface area contributed by atoms with Crippen molar-refractivity contribution in [1.82, 2.24) is 15.5 Å². The Balaban J connectivity index is 1.94. The average Bonchev–Trinajstić information content (AvgIpc) is 2.92. The zero-order valence-corrected chi connectivity index (χ0v) is 12.9. The van der Waals surface area contributed by atoms with E-state index in [1.165, 1.54) is 11.8 Å². The molecule has 0 aliphatic carbocycles. The van der Waals surface area contributed by atoms with Gasteiger partial charge >= 0.3 is 0 Å². The maximum Gasteiger partial charge on any atom is 0.277 e. The van der Waals surface area contributed by atoms with E-state index < -0.39 is 0 Å². The van der Waals surface area contributed by atoms with Crippen molar-refractivity contribution in [2.45, 2.75) is 5.22 Å². The number of hydrogen-bond acceptors (Lipinski definition) is 5. The average molecular weight is 354 g/mol. The quantitative estimate of drug-likeness (QED) is 0.638. The highest BCUT2D eigenvalue weighted by Crippen LogP contribution is 2.24. The number of nitrogens with one attached hydrogen (secondary N) is 1. The molecular weight excluding hydrogens is 342 g/mol. The van der Waals surface area contributed by atoms with Gasteiger partial charge in [0.05, 0.1) is 5.75 Å². The number of hydrogen-bond donors (Lipinski definition) is 1. The number of carbonyl (C=O) groups is 1. The molecule has 0 aliphatic heterocycles. The summed E-state index contributed by atoms with van der Waals surface area (Å²) in [6.45, 7) is 3.98. The van der Waals surface area contributed by atoms with Crippen LogP contribution in [0.25, 0.3) is 11.5 Å². The molecule has 5 nitrogen and oxygen atoms in total. The normalized spacial score (nSPS) is 10.2. The molecule has 0 atom stereocenters. The highest BCUT2D eigenvalue weighted by Gasteiger charge is 2.10. The Morgan fingerprint density at radius 2 is 2.15 bits per heavy atom. The first-order chi connectivity index (χ1) is 9.69. The van der Waals surface area contributed by atoms with Crippen LogP contribution in [0.3, 0.4) is 0 Å². The minimum atomic E-state index is -0.0988. The highest BCUT2D eigenvalue weighted by molar-refractivity contribution is 9.10. The Morgan fingerprint density at radius 1 is 1.40 bits per heavy atom. The molecule has 0 unspecified atom stereocenters. The number of rotatable bonds is 6. The van der Waals surface area contributed by atoms with Crippen molar-refractivity contribution in [3.63, 3.8) is 0 Å². The molecule has 0 saturated carbocycles. The number of thioether (sulfide) groups is 1. The molecule has 0 fully saturated rings. The molecule has 1 N–H and O–H groups in total. The first-order valence-corrected chi connectivity index (χ1v) is 7.56. The maximum absolute atomic E-state index is 11.4. The summed E-state index contributed by atoms with van der Waals surface area (Å²) in [6.07, 6.45) is 1.63. The van der Waals surface area contributed by atoms with E-state index in [2.05, 4.69) is 38.0 Å². The van der Waals surface area contributed by atoms with Crippen LogP contribution < -0.4 is 5.32 Å². The molecule has 0 aliphatic rings. The Morgan fingerprint density at radius 3 is 2.85 bits per heavy atom. The van der Waals surface area contributed by atoms with Crippen molar-refractivity contribution in [2.24, 2.45) is 0 Å². The molecule has 0 radical (unpaired) electrons. The summed E-state index contributed by atoms with van der Waals surface area (Å²) in [5.74, 6) is 0.570. The van der Waals surface area contributed by atoms with Crippen LogP contribution >= 0.6 is 27.7 Å². The number of nitrogens with zero attached hydrogens (tertiary/aromatic N) is 2. The van der Waals surface area contributed by atoms with Crippen LogP contribution in [0.1, 0.15) is 0 Å². The summed E-state index contributed by atoms with van der Waals surface area (Å²) in [4.78, 5) is 11.4. The van der Waals surface area contributed by atoms with E-state index in [0.29, 0.717) is 17.7 Å². The van der Waals surface area contributed by atoms with Crippen LogP contribution in [0.15, 0.2) is 51.0 Å². The second-order valence-electron chi connectivity index (χ2n) is 3.76. The van der Waals surface area contributed by atoms with Gasteiger partial charge in [0.25, 0.3) is 5.22 Å². The maximum atomic E-state index is 11.4. The summed E-state index contributed by atoms with van der Waals surface area (Å²) in [6, 6.07) is 7.55. The lowest BCUT2D eigenvalue weighted by molar-refractivity contribution is -0.118. The van der Waals surface area contributed by atoms with Gasteiger partial charge in [0.15, 0.2) is 0 Å². The van der Waals surface area contributed by atoms with E-state index >= 15 is 0 Å². The molecule has 0 bridgehead atoms. The second kappa shape index (κ2) is 7.25. The van der Waals surface area contributed by atoms with Crippen LogP contribution in [-0.4, -0.2) is 28.4 Å². The fourth-order valence-electron chi connectivity index (χ4n) is 1.34. The lowest BCUT2D eigenvalue weighted by Gasteiger charge is -1.98. The summed E-state index contributed by atoms with van der Waals surface area (Å²) < 4.78 is 6.47. The van der Waals surface area contributed by atoms with E-state index in [1.807, 2.05) is 24.3 Å².